The van der Waals surface area contributed by atoms with Gasteiger partial charge in [0.05, 0.1) is 12.6 Å². The fourth-order valence-corrected chi connectivity index (χ4v) is 3.68. The molecule has 0 N–H and O–H groups in total. The van der Waals surface area contributed by atoms with Crippen LogP contribution in [0.25, 0.3) is 22.4 Å². The number of aryl methyl sites for hydroxylation is 1. The van der Waals surface area contributed by atoms with Gasteiger partial charge in [-0.25, -0.2) is 4.98 Å². The molecule has 2 aromatic carbocycles. The highest BCUT2D eigenvalue weighted by atomic mass is 35.5. The quantitative estimate of drug-likeness (QED) is 0.325. The predicted molar refractivity (Wildman–Crippen MR) is 107 cm³/mol. The van der Waals surface area contributed by atoms with Gasteiger partial charge in [-0.2, -0.15) is 0 Å². The number of benzene rings is 2. The highest BCUT2D eigenvalue weighted by Gasteiger charge is 2.12. The zero-order chi connectivity index (χ0) is 18.8. The van der Waals surface area contributed by atoms with Gasteiger partial charge in [0.25, 0.3) is 5.22 Å². The number of pyridine rings is 1. The summed E-state index contributed by atoms with van der Waals surface area (Å²) in [7, 11) is 1.63. The molecule has 0 saturated heterocycles. The van der Waals surface area contributed by atoms with E-state index in [2.05, 4.69) is 33.4 Å². The molecule has 4 aromatic rings. The maximum atomic E-state index is 6.35. The predicted octanol–water partition coefficient (Wildman–Crippen LogP) is 5.55. The molecule has 5 nitrogen and oxygen atoms in total. The molecule has 0 unspecified atom stereocenters. The molecule has 0 fully saturated rings. The van der Waals surface area contributed by atoms with Gasteiger partial charge in [-0.15, -0.1) is 10.2 Å². The van der Waals surface area contributed by atoms with Gasteiger partial charge in [0, 0.05) is 22.3 Å². The summed E-state index contributed by atoms with van der Waals surface area (Å²) in [6, 6.07) is 15.7. The number of aromatic nitrogens is 3. The first-order valence-electron chi connectivity index (χ1n) is 8.29. The molecule has 136 valence electrons. The van der Waals surface area contributed by atoms with E-state index in [1.165, 1.54) is 11.8 Å². The van der Waals surface area contributed by atoms with Crippen molar-refractivity contribution in [1.82, 2.24) is 15.2 Å². The fourth-order valence-electron chi connectivity index (χ4n) is 2.66. The maximum absolute atomic E-state index is 6.35. The number of ether oxygens (including phenoxy) is 1. The molecule has 0 atom stereocenters. The maximum Gasteiger partial charge on any atom is 0.277 e. The molecule has 0 aliphatic rings. The van der Waals surface area contributed by atoms with Crippen LogP contribution in [-0.2, 0) is 5.75 Å². The number of halogens is 1. The summed E-state index contributed by atoms with van der Waals surface area (Å²) in [5.41, 5.74) is 3.83. The summed E-state index contributed by atoms with van der Waals surface area (Å²) < 4.78 is 10.9. The van der Waals surface area contributed by atoms with E-state index in [9.17, 15) is 0 Å². The SMILES string of the molecule is COc1ccc(-c2nnc(SCc3cc4ccc(C)cc4nc3Cl)o2)cc1. The van der Waals surface area contributed by atoms with Crippen LogP contribution < -0.4 is 4.74 Å². The lowest BCUT2D eigenvalue weighted by molar-refractivity contribution is 0.414. The van der Waals surface area contributed by atoms with Crippen molar-refractivity contribution in [2.75, 3.05) is 7.11 Å². The third-order valence-electron chi connectivity index (χ3n) is 4.09. The van der Waals surface area contributed by atoms with Crippen LogP contribution in [0.5, 0.6) is 5.75 Å². The molecule has 7 heteroatoms. The Labute approximate surface area is 165 Å². The van der Waals surface area contributed by atoms with Gasteiger partial charge in [0.2, 0.25) is 5.89 Å². The van der Waals surface area contributed by atoms with Crippen LogP contribution in [0.15, 0.2) is 58.2 Å². The van der Waals surface area contributed by atoms with Crippen LogP contribution >= 0.6 is 23.4 Å². The van der Waals surface area contributed by atoms with E-state index in [1.807, 2.05) is 37.3 Å². The van der Waals surface area contributed by atoms with E-state index < -0.39 is 0 Å². The molecular formula is C20H16ClN3O2S. The standard InChI is InChI=1S/C20H16ClN3O2S/c1-12-3-4-14-10-15(18(21)22-17(14)9-12)11-27-20-24-23-19(26-20)13-5-7-16(25-2)8-6-13/h3-10H,11H2,1-2H3. The lowest BCUT2D eigenvalue weighted by Crippen LogP contribution is -1.89. The summed E-state index contributed by atoms with van der Waals surface area (Å²) in [6.07, 6.45) is 0. The highest BCUT2D eigenvalue weighted by Crippen LogP contribution is 2.30. The molecular weight excluding hydrogens is 382 g/mol. The molecule has 0 amide bonds. The van der Waals surface area contributed by atoms with Gasteiger partial charge in [-0.05, 0) is 48.9 Å². The van der Waals surface area contributed by atoms with Gasteiger partial charge in [0.15, 0.2) is 0 Å². The fraction of sp³-hybridized carbons (Fsp3) is 0.150. The molecule has 2 heterocycles. The van der Waals surface area contributed by atoms with Crippen molar-refractivity contribution in [3.8, 4) is 17.2 Å². The second-order valence-electron chi connectivity index (χ2n) is 6.02. The van der Waals surface area contributed by atoms with Gasteiger partial charge >= 0.3 is 0 Å². The lowest BCUT2D eigenvalue weighted by Gasteiger charge is -2.05. The third kappa shape index (κ3) is 3.91. The van der Waals surface area contributed by atoms with Gasteiger partial charge in [0.1, 0.15) is 10.9 Å². The summed E-state index contributed by atoms with van der Waals surface area (Å²) in [5.74, 6) is 1.85. The van der Waals surface area contributed by atoms with E-state index >= 15 is 0 Å². The zero-order valence-corrected chi connectivity index (χ0v) is 16.3. The average molecular weight is 398 g/mol. The summed E-state index contributed by atoms with van der Waals surface area (Å²) in [5, 5.41) is 10.3. The smallest absolute Gasteiger partial charge is 0.277 e. The first-order chi connectivity index (χ1) is 13.1. The van der Waals surface area contributed by atoms with E-state index in [-0.39, 0.29) is 0 Å². The van der Waals surface area contributed by atoms with E-state index in [4.69, 9.17) is 20.8 Å². The van der Waals surface area contributed by atoms with Gasteiger partial charge < -0.3 is 9.15 Å². The summed E-state index contributed by atoms with van der Waals surface area (Å²) in [4.78, 5) is 4.49. The van der Waals surface area contributed by atoms with Crippen molar-refractivity contribution in [3.05, 3.63) is 64.8 Å². The second kappa shape index (κ2) is 7.58. The Kier molecular flexibility index (Phi) is 5.01. The Hall–Kier alpha value is -2.57. The molecule has 2 aromatic heterocycles. The molecule has 0 bridgehead atoms. The molecule has 0 radical (unpaired) electrons. The number of fused-ring (bicyclic) bond motifs is 1. The van der Waals surface area contributed by atoms with E-state index in [0.29, 0.717) is 22.0 Å². The summed E-state index contributed by atoms with van der Waals surface area (Å²) >= 11 is 7.78. The number of hydrogen-bond acceptors (Lipinski definition) is 6. The second-order valence-corrected chi connectivity index (χ2v) is 7.31. The number of methoxy groups -OCH3 is 1. The Balaban J connectivity index is 1.50. The number of rotatable bonds is 5. The minimum atomic E-state index is 0.471. The van der Waals surface area contributed by atoms with Crippen molar-refractivity contribution < 1.29 is 9.15 Å². The Morgan fingerprint density at radius 2 is 1.89 bits per heavy atom. The normalized spacial score (nSPS) is 11.1. The Bertz CT molecular complexity index is 1100. The topological polar surface area (TPSA) is 61.0 Å². The van der Waals surface area contributed by atoms with Gasteiger partial charge in [-0.1, -0.05) is 35.5 Å². The minimum Gasteiger partial charge on any atom is -0.497 e. The molecule has 0 spiro atoms. The van der Waals surface area contributed by atoms with Crippen LogP contribution in [0.4, 0.5) is 0 Å². The molecule has 27 heavy (non-hydrogen) atoms. The highest BCUT2D eigenvalue weighted by molar-refractivity contribution is 7.98. The van der Waals surface area contributed by atoms with Crippen LogP contribution in [0.2, 0.25) is 5.15 Å². The third-order valence-corrected chi connectivity index (χ3v) is 5.29. The van der Waals surface area contributed by atoms with Crippen LogP contribution in [0, 0.1) is 6.92 Å². The zero-order valence-electron chi connectivity index (χ0n) is 14.8. The minimum absolute atomic E-state index is 0.471. The number of thioether (sulfide) groups is 1. The largest absolute Gasteiger partial charge is 0.497 e. The first kappa shape index (κ1) is 17.8. The molecule has 0 aliphatic carbocycles. The summed E-state index contributed by atoms with van der Waals surface area (Å²) in [6.45, 7) is 2.04. The van der Waals surface area contributed by atoms with Crippen LogP contribution in [0.3, 0.4) is 0 Å². The van der Waals surface area contributed by atoms with E-state index in [1.54, 1.807) is 7.11 Å². The lowest BCUT2D eigenvalue weighted by atomic mass is 10.1. The van der Waals surface area contributed by atoms with Crippen molar-refractivity contribution in [1.29, 1.82) is 0 Å². The van der Waals surface area contributed by atoms with Crippen molar-refractivity contribution in [2.45, 2.75) is 17.9 Å². The van der Waals surface area contributed by atoms with Gasteiger partial charge in [-0.3, -0.25) is 0 Å². The monoisotopic (exact) mass is 397 g/mol. The van der Waals surface area contributed by atoms with E-state index in [0.717, 1.165) is 33.3 Å². The first-order valence-corrected chi connectivity index (χ1v) is 9.65. The Morgan fingerprint density at radius 3 is 2.67 bits per heavy atom. The van der Waals surface area contributed by atoms with Crippen LogP contribution in [-0.4, -0.2) is 22.3 Å². The van der Waals surface area contributed by atoms with Crippen molar-refractivity contribution in [3.63, 3.8) is 0 Å². The number of hydrogen-bond donors (Lipinski definition) is 0. The van der Waals surface area contributed by atoms with Crippen molar-refractivity contribution in [2.24, 2.45) is 0 Å². The molecule has 4 rings (SSSR count). The van der Waals surface area contributed by atoms with Crippen molar-refractivity contribution >= 4 is 34.3 Å². The molecule has 0 aliphatic heterocycles. The number of nitrogens with zero attached hydrogens (tertiary/aromatic N) is 3. The average Bonchev–Trinajstić information content (AvgIpc) is 3.15. The Morgan fingerprint density at radius 1 is 1.07 bits per heavy atom. The molecule has 0 saturated carbocycles. The van der Waals surface area contributed by atoms with Crippen LogP contribution in [0.1, 0.15) is 11.1 Å².